The number of H-pyrrole nitrogens is 1. The Bertz CT molecular complexity index is 1110. The number of aryl methyl sites for hydroxylation is 3. The van der Waals surface area contributed by atoms with Gasteiger partial charge >= 0.3 is 0 Å². The molecule has 8 heteroatoms. The number of nitrogens with one attached hydrogen (secondary N) is 1. The van der Waals surface area contributed by atoms with Crippen LogP contribution in [0.1, 0.15) is 34.4 Å². The molecule has 3 heterocycles. The fraction of sp³-hybridized carbons (Fsp3) is 0.381. The van der Waals surface area contributed by atoms with E-state index < -0.39 is 0 Å². The van der Waals surface area contributed by atoms with Crippen molar-refractivity contribution in [2.75, 3.05) is 19.7 Å². The number of carbonyl (C=O) groups excluding carboxylic acids is 1. The SMILES string of the molecule is Cc1sc2nc(CCC(=O)N3CCOC(c4ccc(Br)cc4)C3)[nH]c(=O)c2c1C. The van der Waals surface area contributed by atoms with Crippen molar-refractivity contribution in [2.24, 2.45) is 0 Å². The van der Waals surface area contributed by atoms with Crippen LogP contribution in [0.3, 0.4) is 0 Å². The lowest BCUT2D eigenvalue weighted by atomic mass is 10.1. The molecule has 1 aliphatic rings. The average molecular weight is 476 g/mol. The van der Waals surface area contributed by atoms with Gasteiger partial charge in [0.2, 0.25) is 5.91 Å². The number of benzene rings is 1. The van der Waals surface area contributed by atoms with Crippen molar-refractivity contribution in [3.05, 3.63) is 60.9 Å². The molecule has 1 amide bonds. The first-order valence-electron chi connectivity index (χ1n) is 9.56. The Morgan fingerprint density at radius 2 is 2.10 bits per heavy atom. The first kappa shape index (κ1) is 20.3. The van der Waals surface area contributed by atoms with Crippen LogP contribution in [0.5, 0.6) is 0 Å². The Morgan fingerprint density at radius 1 is 1.34 bits per heavy atom. The van der Waals surface area contributed by atoms with Crippen LogP contribution >= 0.6 is 27.3 Å². The zero-order chi connectivity index (χ0) is 20.5. The molecule has 0 saturated carbocycles. The van der Waals surface area contributed by atoms with E-state index in [-0.39, 0.29) is 17.6 Å². The van der Waals surface area contributed by atoms with Gasteiger partial charge in [-0.05, 0) is 37.1 Å². The van der Waals surface area contributed by atoms with Crippen LogP contribution in [0.25, 0.3) is 10.2 Å². The third-order valence-electron chi connectivity index (χ3n) is 5.32. The molecule has 0 radical (unpaired) electrons. The summed E-state index contributed by atoms with van der Waals surface area (Å²) in [6.07, 6.45) is 0.609. The molecule has 1 aromatic carbocycles. The van der Waals surface area contributed by atoms with Crippen molar-refractivity contribution < 1.29 is 9.53 Å². The smallest absolute Gasteiger partial charge is 0.259 e. The molecule has 1 fully saturated rings. The predicted octanol–water partition coefficient (Wildman–Crippen LogP) is 3.90. The normalized spacial score (nSPS) is 17.1. The van der Waals surface area contributed by atoms with Crippen molar-refractivity contribution in [2.45, 2.75) is 32.8 Å². The molecule has 0 spiro atoms. The summed E-state index contributed by atoms with van der Waals surface area (Å²) in [5.74, 6) is 0.617. The number of aromatic nitrogens is 2. The van der Waals surface area contributed by atoms with Gasteiger partial charge in [0, 0.05) is 28.7 Å². The number of hydrogen-bond donors (Lipinski definition) is 1. The number of carbonyl (C=O) groups is 1. The lowest BCUT2D eigenvalue weighted by molar-refractivity contribution is -0.139. The lowest BCUT2D eigenvalue weighted by Crippen LogP contribution is -2.42. The minimum atomic E-state index is -0.124. The van der Waals surface area contributed by atoms with Gasteiger partial charge in [-0.2, -0.15) is 0 Å². The lowest BCUT2D eigenvalue weighted by Gasteiger charge is -2.33. The van der Waals surface area contributed by atoms with E-state index >= 15 is 0 Å². The van der Waals surface area contributed by atoms with E-state index in [9.17, 15) is 9.59 Å². The van der Waals surface area contributed by atoms with Gasteiger partial charge in [0.25, 0.3) is 5.56 Å². The number of aromatic amines is 1. The maximum Gasteiger partial charge on any atom is 0.259 e. The zero-order valence-corrected chi connectivity index (χ0v) is 18.7. The molecule has 1 N–H and O–H groups in total. The topological polar surface area (TPSA) is 75.3 Å². The number of ether oxygens (including phenoxy) is 1. The highest BCUT2D eigenvalue weighted by Gasteiger charge is 2.25. The molecule has 1 unspecified atom stereocenters. The first-order chi connectivity index (χ1) is 13.9. The highest BCUT2D eigenvalue weighted by molar-refractivity contribution is 9.10. The van der Waals surface area contributed by atoms with Gasteiger partial charge in [0.1, 0.15) is 16.8 Å². The second-order valence-electron chi connectivity index (χ2n) is 7.23. The molecule has 1 saturated heterocycles. The second-order valence-corrected chi connectivity index (χ2v) is 9.35. The van der Waals surface area contributed by atoms with E-state index in [1.807, 2.05) is 43.0 Å². The molecule has 1 atom stereocenters. The Labute approximate surface area is 181 Å². The van der Waals surface area contributed by atoms with Crippen LogP contribution < -0.4 is 5.56 Å². The molecule has 29 heavy (non-hydrogen) atoms. The zero-order valence-electron chi connectivity index (χ0n) is 16.3. The van der Waals surface area contributed by atoms with Crippen LogP contribution in [0, 0.1) is 13.8 Å². The van der Waals surface area contributed by atoms with Crippen LogP contribution in [0.15, 0.2) is 33.5 Å². The Balaban J connectivity index is 1.42. The summed E-state index contributed by atoms with van der Waals surface area (Å²) >= 11 is 4.96. The highest BCUT2D eigenvalue weighted by atomic mass is 79.9. The van der Waals surface area contributed by atoms with Gasteiger partial charge in [-0.25, -0.2) is 4.98 Å². The van der Waals surface area contributed by atoms with Gasteiger partial charge in [0.15, 0.2) is 0 Å². The van der Waals surface area contributed by atoms with Crippen LogP contribution in [0.4, 0.5) is 0 Å². The van der Waals surface area contributed by atoms with E-state index in [1.165, 1.54) is 11.3 Å². The summed E-state index contributed by atoms with van der Waals surface area (Å²) < 4.78 is 6.87. The van der Waals surface area contributed by atoms with Crippen LogP contribution in [-0.2, 0) is 16.0 Å². The third-order valence-corrected chi connectivity index (χ3v) is 6.95. The van der Waals surface area contributed by atoms with E-state index in [0.29, 0.717) is 43.7 Å². The maximum atomic E-state index is 12.8. The van der Waals surface area contributed by atoms with Gasteiger partial charge in [-0.3, -0.25) is 9.59 Å². The monoisotopic (exact) mass is 475 g/mol. The van der Waals surface area contributed by atoms with Crippen molar-refractivity contribution in [3.63, 3.8) is 0 Å². The first-order valence-corrected chi connectivity index (χ1v) is 11.2. The maximum absolute atomic E-state index is 12.8. The minimum Gasteiger partial charge on any atom is -0.370 e. The molecule has 0 bridgehead atoms. The van der Waals surface area contributed by atoms with Crippen LogP contribution in [0.2, 0.25) is 0 Å². The summed E-state index contributed by atoms with van der Waals surface area (Å²) in [6.45, 7) is 5.56. The number of nitrogens with zero attached hydrogens (tertiary/aromatic N) is 2. The molecule has 3 aromatic rings. The van der Waals surface area contributed by atoms with E-state index in [0.717, 1.165) is 25.3 Å². The minimum absolute atomic E-state index is 0.0525. The highest BCUT2D eigenvalue weighted by Crippen LogP contribution is 2.26. The number of amides is 1. The second kappa shape index (κ2) is 8.38. The summed E-state index contributed by atoms with van der Waals surface area (Å²) in [5, 5.41) is 0.660. The van der Waals surface area contributed by atoms with Gasteiger partial charge < -0.3 is 14.6 Å². The molecule has 4 rings (SSSR count). The Morgan fingerprint density at radius 3 is 2.86 bits per heavy atom. The standard InChI is InChI=1S/C21H22BrN3O3S/c1-12-13(2)29-21-19(12)20(27)23-17(24-21)7-8-18(26)25-9-10-28-16(11-25)14-3-5-15(22)6-4-14/h3-6,16H,7-11H2,1-2H3,(H,23,24,27). The molecule has 2 aromatic heterocycles. The van der Waals surface area contributed by atoms with Crippen molar-refractivity contribution in [3.8, 4) is 0 Å². The molecule has 0 aliphatic carbocycles. The largest absolute Gasteiger partial charge is 0.370 e. The number of fused-ring (bicyclic) bond motifs is 1. The van der Waals surface area contributed by atoms with E-state index in [2.05, 4.69) is 25.9 Å². The number of morpholine rings is 1. The van der Waals surface area contributed by atoms with E-state index in [1.54, 1.807) is 0 Å². The van der Waals surface area contributed by atoms with Crippen molar-refractivity contribution in [1.29, 1.82) is 0 Å². The number of hydrogen-bond acceptors (Lipinski definition) is 5. The molecule has 1 aliphatic heterocycles. The number of rotatable bonds is 4. The third kappa shape index (κ3) is 4.29. The molecule has 6 nitrogen and oxygen atoms in total. The quantitative estimate of drug-likeness (QED) is 0.620. The Kier molecular flexibility index (Phi) is 5.85. The van der Waals surface area contributed by atoms with Crippen molar-refractivity contribution >= 4 is 43.4 Å². The number of thiophene rings is 1. The predicted molar refractivity (Wildman–Crippen MR) is 117 cm³/mol. The molecular weight excluding hydrogens is 454 g/mol. The summed E-state index contributed by atoms with van der Waals surface area (Å²) in [5.41, 5.74) is 1.92. The summed E-state index contributed by atoms with van der Waals surface area (Å²) in [7, 11) is 0. The molecule has 152 valence electrons. The average Bonchev–Trinajstić information content (AvgIpc) is 3.01. The fourth-order valence-corrected chi connectivity index (χ4v) is 4.87. The van der Waals surface area contributed by atoms with Crippen LogP contribution in [-0.4, -0.2) is 40.5 Å². The fourth-order valence-electron chi connectivity index (χ4n) is 3.56. The molecular formula is C21H22BrN3O3S. The summed E-state index contributed by atoms with van der Waals surface area (Å²) in [4.78, 5) is 36.2. The van der Waals surface area contributed by atoms with Gasteiger partial charge in [0.05, 0.1) is 18.5 Å². The Hall–Kier alpha value is -2.03. The van der Waals surface area contributed by atoms with Crippen molar-refractivity contribution in [1.82, 2.24) is 14.9 Å². The summed E-state index contributed by atoms with van der Waals surface area (Å²) in [6, 6.07) is 7.98. The van der Waals surface area contributed by atoms with Gasteiger partial charge in [-0.1, -0.05) is 28.1 Å². The van der Waals surface area contributed by atoms with E-state index in [4.69, 9.17) is 4.74 Å². The number of halogens is 1. The van der Waals surface area contributed by atoms with Gasteiger partial charge in [-0.15, -0.1) is 11.3 Å².